The van der Waals surface area contributed by atoms with Crippen molar-refractivity contribution in [3.05, 3.63) is 0 Å². The van der Waals surface area contributed by atoms with E-state index < -0.39 is 24.0 Å². The van der Waals surface area contributed by atoms with Crippen molar-refractivity contribution in [2.45, 2.75) is 18.9 Å². The van der Waals surface area contributed by atoms with Crippen LogP contribution in [-0.2, 0) is 14.3 Å². The number of piperidine rings is 1. The summed E-state index contributed by atoms with van der Waals surface area (Å²) < 4.78 is 5.10. The van der Waals surface area contributed by atoms with Gasteiger partial charge < -0.3 is 25.8 Å². The smallest absolute Gasteiger partial charge is 0.314 e. The summed E-state index contributed by atoms with van der Waals surface area (Å²) in [5.41, 5.74) is 5.21. The third kappa shape index (κ3) is 3.19. The zero-order chi connectivity index (χ0) is 14.7. The number of carboxylic acid groups (broad SMARTS) is 1. The molecule has 4 N–H and O–H groups in total. The van der Waals surface area contributed by atoms with Crippen molar-refractivity contribution in [3.8, 4) is 0 Å². The van der Waals surface area contributed by atoms with Crippen molar-refractivity contribution in [3.63, 3.8) is 0 Å². The third-order valence-electron chi connectivity index (χ3n) is 3.83. The molecule has 20 heavy (non-hydrogen) atoms. The molecule has 0 bridgehead atoms. The molecule has 0 aliphatic carbocycles. The van der Waals surface area contributed by atoms with Crippen molar-refractivity contribution in [2.75, 3.05) is 26.3 Å². The molecule has 3 amide bonds. The van der Waals surface area contributed by atoms with Crippen LogP contribution >= 0.6 is 0 Å². The molecule has 3 atom stereocenters. The van der Waals surface area contributed by atoms with Gasteiger partial charge in [0.1, 0.15) is 5.92 Å². The predicted molar refractivity (Wildman–Crippen MR) is 67.8 cm³/mol. The number of ether oxygens (including phenoxy) is 1. The topological polar surface area (TPSA) is 122 Å². The van der Waals surface area contributed by atoms with E-state index in [-0.39, 0.29) is 31.6 Å². The fourth-order valence-corrected chi connectivity index (χ4v) is 2.63. The summed E-state index contributed by atoms with van der Waals surface area (Å²) in [4.78, 5) is 35.7. The Morgan fingerprint density at radius 3 is 2.70 bits per heavy atom. The van der Waals surface area contributed by atoms with E-state index in [1.807, 2.05) is 0 Å². The standard InChI is InChI=1S/C12H19N3O5/c13-12(19)15-3-1-2-7(4-15)10(16)14-9-6-20-5-8(9)11(17)18/h7-9H,1-6H2,(H2,13,19)(H,14,16)(H,17,18). The number of hydrogen-bond acceptors (Lipinski definition) is 4. The first-order valence-electron chi connectivity index (χ1n) is 6.64. The second-order valence-corrected chi connectivity index (χ2v) is 5.22. The summed E-state index contributed by atoms with van der Waals surface area (Å²) in [6, 6.07) is -1.04. The van der Waals surface area contributed by atoms with Gasteiger partial charge >= 0.3 is 12.0 Å². The van der Waals surface area contributed by atoms with E-state index in [9.17, 15) is 14.4 Å². The molecule has 2 fully saturated rings. The number of nitrogens with one attached hydrogen (secondary N) is 1. The first kappa shape index (κ1) is 14.6. The second-order valence-electron chi connectivity index (χ2n) is 5.22. The van der Waals surface area contributed by atoms with Gasteiger partial charge in [-0.1, -0.05) is 0 Å². The number of amides is 3. The Labute approximate surface area is 116 Å². The molecule has 2 heterocycles. The van der Waals surface area contributed by atoms with E-state index in [0.717, 1.165) is 0 Å². The summed E-state index contributed by atoms with van der Waals surface area (Å²) in [5.74, 6) is -2.27. The Morgan fingerprint density at radius 1 is 1.30 bits per heavy atom. The fourth-order valence-electron chi connectivity index (χ4n) is 2.63. The second kappa shape index (κ2) is 6.08. The van der Waals surface area contributed by atoms with Crippen LogP contribution in [0.25, 0.3) is 0 Å². The van der Waals surface area contributed by atoms with Gasteiger partial charge in [-0.3, -0.25) is 9.59 Å². The lowest BCUT2D eigenvalue weighted by atomic mass is 9.96. The van der Waals surface area contributed by atoms with E-state index in [2.05, 4.69) is 5.32 Å². The predicted octanol–water partition coefficient (Wildman–Crippen LogP) is -1.01. The Bertz CT molecular complexity index is 414. The summed E-state index contributed by atoms with van der Waals surface area (Å²) in [6.45, 7) is 1.16. The van der Waals surface area contributed by atoms with Gasteiger partial charge in [0.25, 0.3) is 0 Å². The molecular formula is C12H19N3O5. The highest BCUT2D eigenvalue weighted by Gasteiger charge is 2.37. The maximum atomic E-state index is 12.2. The SMILES string of the molecule is NC(=O)N1CCCC(C(=O)NC2COCC2C(=O)O)C1. The first-order valence-corrected chi connectivity index (χ1v) is 6.64. The van der Waals surface area contributed by atoms with Crippen LogP contribution in [0.5, 0.6) is 0 Å². The molecular weight excluding hydrogens is 266 g/mol. The minimum atomic E-state index is -0.977. The highest BCUT2D eigenvalue weighted by Crippen LogP contribution is 2.19. The number of nitrogens with two attached hydrogens (primary N) is 1. The Morgan fingerprint density at radius 2 is 2.05 bits per heavy atom. The summed E-state index contributed by atoms with van der Waals surface area (Å²) in [5, 5.41) is 11.7. The van der Waals surface area contributed by atoms with E-state index in [0.29, 0.717) is 19.4 Å². The van der Waals surface area contributed by atoms with Crippen LogP contribution in [0.4, 0.5) is 4.79 Å². The number of urea groups is 1. The zero-order valence-corrected chi connectivity index (χ0v) is 11.1. The van der Waals surface area contributed by atoms with E-state index in [1.54, 1.807) is 0 Å². The van der Waals surface area contributed by atoms with Crippen LogP contribution in [0.3, 0.4) is 0 Å². The normalized spacial score (nSPS) is 30.0. The van der Waals surface area contributed by atoms with Gasteiger partial charge in [0.05, 0.1) is 25.2 Å². The number of carbonyl (C=O) groups excluding carboxylic acids is 2. The van der Waals surface area contributed by atoms with Crippen molar-refractivity contribution >= 4 is 17.9 Å². The van der Waals surface area contributed by atoms with Crippen LogP contribution < -0.4 is 11.1 Å². The molecule has 112 valence electrons. The number of aliphatic carboxylic acids is 1. The third-order valence-corrected chi connectivity index (χ3v) is 3.83. The summed E-state index contributed by atoms with van der Waals surface area (Å²) >= 11 is 0. The van der Waals surface area contributed by atoms with Crippen LogP contribution in [0.1, 0.15) is 12.8 Å². The molecule has 8 nitrogen and oxygen atoms in total. The molecule has 2 rings (SSSR count). The molecule has 0 saturated carbocycles. The summed E-state index contributed by atoms with van der Waals surface area (Å²) in [7, 11) is 0. The maximum absolute atomic E-state index is 12.2. The lowest BCUT2D eigenvalue weighted by Crippen LogP contribution is -2.50. The van der Waals surface area contributed by atoms with Gasteiger partial charge in [0.15, 0.2) is 0 Å². The van der Waals surface area contributed by atoms with Crippen molar-refractivity contribution in [1.29, 1.82) is 0 Å². The molecule has 3 unspecified atom stereocenters. The number of carbonyl (C=O) groups is 3. The molecule has 8 heteroatoms. The average molecular weight is 285 g/mol. The van der Waals surface area contributed by atoms with Crippen LogP contribution in [0.15, 0.2) is 0 Å². The molecule has 2 aliphatic rings. The molecule has 0 aromatic rings. The molecule has 0 spiro atoms. The van der Waals surface area contributed by atoms with Crippen molar-refractivity contribution < 1.29 is 24.2 Å². The Kier molecular flexibility index (Phi) is 4.43. The number of nitrogens with zero attached hydrogens (tertiary/aromatic N) is 1. The van der Waals surface area contributed by atoms with Crippen LogP contribution in [0, 0.1) is 11.8 Å². The molecule has 0 aromatic carbocycles. The van der Waals surface area contributed by atoms with Gasteiger partial charge in [0, 0.05) is 13.1 Å². The zero-order valence-electron chi connectivity index (χ0n) is 11.1. The minimum Gasteiger partial charge on any atom is -0.481 e. The van der Waals surface area contributed by atoms with Gasteiger partial charge in [-0.05, 0) is 12.8 Å². The lowest BCUT2D eigenvalue weighted by Gasteiger charge is -2.31. The number of primary amides is 1. The van der Waals surface area contributed by atoms with Gasteiger partial charge in [-0.15, -0.1) is 0 Å². The Hall–Kier alpha value is -1.83. The molecule has 0 aromatic heterocycles. The number of carboxylic acids is 1. The van der Waals surface area contributed by atoms with E-state index >= 15 is 0 Å². The number of hydrogen-bond donors (Lipinski definition) is 3. The average Bonchev–Trinajstić information content (AvgIpc) is 2.87. The number of likely N-dealkylation sites (tertiary alicyclic amines) is 1. The van der Waals surface area contributed by atoms with Gasteiger partial charge in [-0.25, -0.2) is 4.79 Å². The highest BCUT2D eigenvalue weighted by atomic mass is 16.5. The fraction of sp³-hybridized carbons (Fsp3) is 0.750. The largest absolute Gasteiger partial charge is 0.481 e. The highest BCUT2D eigenvalue weighted by molar-refractivity contribution is 5.82. The van der Waals surface area contributed by atoms with Crippen LogP contribution in [-0.4, -0.2) is 60.3 Å². The maximum Gasteiger partial charge on any atom is 0.314 e. The van der Waals surface area contributed by atoms with Crippen LogP contribution in [0.2, 0.25) is 0 Å². The van der Waals surface area contributed by atoms with E-state index in [1.165, 1.54) is 4.90 Å². The van der Waals surface area contributed by atoms with Crippen molar-refractivity contribution in [2.24, 2.45) is 17.6 Å². The van der Waals surface area contributed by atoms with E-state index in [4.69, 9.17) is 15.6 Å². The first-order chi connectivity index (χ1) is 9.49. The van der Waals surface area contributed by atoms with Gasteiger partial charge in [0.2, 0.25) is 5.91 Å². The van der Waals surface area contributed by atoms with Crippen molar-refractivity contribution in [1.82, 2.24) is 10.2 Å². The molecule has 2 saturated heterocycles. The quantitative estimate of drug-likeness (QED) is 0.613. The number of rotatable bonds is 3. The minimum absolute atomic E-state index is 0.109. The molecule has 0 radical (unpaired) electrons. The summed E-state index contributed by atoms with van der Waals surface area (Å²) in [6.07, 6.45) is 1.38. The Balaban J connectivity index is 1.91. The van der Waals surface area contributed by atoms with Gasteiger partial charge in [-0.2, -0.15) is 0 Å². The monoisotopic (exact) mass is 285 g/mol. The lowest BCUT2D eigenvalue weighted by molar-refractivity contribution is -0.142. The molecule has 2 aliphatic heterocycles.